The lowest BCUT2D eigenvalue weighted by molar-refractivity contribution is 0.429. The Morgan fingerprint density at radius 3 is 3.00 bits per heavy atom. The first-order valence-corrected chi connectivity index (χ1v) is 8.40. The van der Waals surface area contributed by atoms with Gasteiger partial charge in [0.2, 0.25) is 0 Å². The first-order chi connectivity index (χ1) is 9.97. The van der Waals surface area contributed by atoms with Crippen molar-refractivity contribution in [2.45, 2.75) is 30.3 Å². The zero-order valence-electron chi connectivity index (χ0n) is 11.5. The number of nitrogens with zero attached hydrogens (tertiary/aromatic N) is 1. The van der Waals surface area contributed by atoms with Gasteiger partial charge >= 0.3 is 0 Å². The number of H-pyrrole nitrogens is 1. The summed E-state index contributed by atoms with van der Waals surface area (Å²) in [5.74, 6) is 0.401. The number of hydrogen-bond donors (Lipinski definition) is 2. The van der Waals surface area contributed by atoms with Gasteiger partial charge in [-0.25, -0.2) is 17.8 Å². The van der Waals surface area contributed by atoms with Gasteiger partial charge in [0.25, 0.3) is 0 Å². The topological polar surface area (TPSA) is 74.8 Å². The molecule has 2 atom stereocenters. The van der Waals surface area contributed by atoms with Crippen LogP contribution in [0.5, 0.6) is 0 Å². The number of aromatic amines is 1. The van der Waals surface area contributed by atoms with Crippen molar-refractivity contribution >= 4 is 9.84 Å². The van der Waals surface area contributed by atoms with Gasteiger partial charge in [-0.2, -0.15) is 0 Å². The van der Waals surface area contributed by atoms with Gasteiger partial charge in [0.1, 0.15) is 11.6 Å². The smallest absolute Gasteiger partial charge is 0.178 e. The number of imidazole rings is 1. The molecule has 2 heterocycles. The van der Waals surface area contributed by atoms with Gasteiger partial charge < -0.3 is 10.3 Å². The number of aromatic nitrogens is 2. The summed E-state index contributed by atoms with van der Waals surface area (Å²) in [6.45, 7) is 1.93. The zero-order chi connectivity index (χ0) is 15.0. The zero-order valence-corrected chi connectivity index (χ0v) is 12.3. The number of nitrogens with one attached hydrogen (secondary N) is 2. The maximum absolute atomic E-state index is 13.5. The van der Waals surface area contributed by atoms with E-state index in [0.29, 0.717) is 12.0 Å². The summed E-state index contributed by atoms with van der Waals surface area (Å²) in [6.07, 6.45) is 3.81. The van der Waals surface area contributed by atoms with E-state index in [-0.39, 0.29) is 22.7 Å². The minimum absolute atomic E-state index is 0.0637. The fraction of sp³-hybridized carbons (Fsp3) is 0.357. The maximum atomic E-state index is 13.5. The van der Waals surface area contributed by atoms with Crippen molar-refractivity contribution in [3.8, 4) is 0 Å². The third-order valence-electron chi connectivity index (χ3n) is 3.74. The Kier molecular flexibility index (Phi) is 3.54. The summed E-state index contributed by atoms with van der Waals surface area (Å²) in [5, 5.41) is 3.32. The van der Waals surface area contributed by atoms with Crippen molar-refractivity contribution in [2.24, 2.45) is 0 Å². The van der Waals surface area contributed by atoms with Crippen LogP contribution >= 0.6 is 0 Å². The van der Waals surface area contributed by atoms with Crippen LogP contribution in [-0.2, 0) is 9.84 Å². The summed E-state index contributed by atoms with van der Waals surface area (Å²) < 4.78 is 37.6. The molecule has 1 aliphatic rings. The molecule has 0 saturated carbocycles. The van der Waals surface area contributed by atoms with Crippen molar-refractivity contribution in [2.75, 3.05) is 5.75 Å². The van der Waals surface area contributed by atoms with Gasteiger partial charge in [-0.1, -0.05) is 0 Å². The SMILES string of the molecule is CC(NC1CCS(=O)(=O)c2ccc(F)cc21)c1ncc[nH]1. The summed E-state index contributed by atoms with van der Waals surface area (Å²) in [7, 11) is -3.31. The lowest BCUT2D eigenvalue weighted by Gasteiger charge is -2.28. The molecule has 1 aromatic carbocycles. The molecule has 1 aliphatic heterocycles. The van der Waals surface area contributed by atoms with Crippen molar-refractivity contribution in [3.05, 3.63) is 47.8 Å². The molecular weight excluding hydrogens is 293 g/mol. The predicted octanol–water partition coefficient (Wildman–Crippen LogP) is 2.12. The van der Waals surface area contributed by atoms with Crippen molar-refractivity contribution in [1.82, 2.24) is 15.3 Å². The number of sulfone groups is 1. The van der Waals surface area contributed by atoms with E-state index in [0.717, 1.165) is 5.82 Å². The van der Waals surface area contributed by atoms with E-state index in [1.165, 1.54) is 18.2 Å². The minimum atomic E-state index is -3.31. The quantitative estimate of drug-likeness (QED) is 0.852. The summed E-state index contributed by atoms with van der Waals surface area (Å²) in [4.78, 5) is 7.41. The van der Waals surface area contributed by atoms with Crippen LogP contribution in [0.15, 0.2) is 35.5 Å². The number of fused-ring (bicyclic) bond motifs is 1. The molecule has 0 fully saturated rings. The molecule has 3 rings (SSSR count). The van der Waals surface area contributed by atoms with Crippen LogP contribution in [0, 0.1) is 5.82 Å². The van der Waals surface area contributed by atoms with Crippen LogP contribution in [0.1, 0.15) is 36.8 Å². The van der Waals surface area contributed by atoms with Gasteiger partial charge in [-0.15, -0.1) is 0 Å². The normalized spacial score (nSPS) is 21.7. The molecule has 21 heavy (non-hydrogen) atoms. The Morgan fingerprint density at radius 2 is 2.29 bits per heavy atom. The van der Waals surface area contributed by atoms with Gasteiger partial charge in [-0.05, 0) is 37.1 Å². The second-order valence-electron chi connectivity index (χ2n) is 5.21. The first kappa shape index (κ1) is 14.2. The number of halogens is 1. The van der Waals surface area contributed by atoms with E-state index in [2.05, 4.69) is 15.3 Å². The summed E-state index contributed by atoms with van der Waals surface area (Å²) in [5.41, 5.74) is 0.500. The van der Waals surface area contributed by atoms with Crippen LogP contribution in [0.2, 0.25) is 0 Å². The van der Waals surface area contributed by atoms with Crippen LogP contribution in [0.4, 0.5) is 4.39 Å². The van der Waals surface area contributed by atoms with E-state index in [1.54, 1.807) is 12.4 Å². The second-order valence-corrected chi connectivity index (χ2v) is 7.28. The van der Waals surface area contributed by atoms with Crippen LogP contribution in [-0.4, -0.2) is 24.1 Å². The monoisotopic (exact) mass is 309 g/mol. The Bertz CT molecular complexity index is 744. The molecule has 0 bridgehead atoms. The largest absolute Gasteiger partial charge is 0.347 e. The number of rotatable bonds is 3. The van der Waals surface area contributed by atoms with E-state index in [9.17, 15) is 12.8 Å². The molecule has 1 aromatic heterocycles. The number of hydrogen-bond acceptors (Lipinski definition) is 4. The lowest BCUT2D eigenvalue weighted by Crippen LogP contribution is -2.32. The third-order valence-corrected chi connectivity index (χ3v) is 5.55. The Balaban J connectivity index is 1.93. The Labute approximate surface area is 122 Å². The van der Waals surface area contributed by atoms with Gasteiger partial charge in [0.15, 0.2) is 9.84 Å². The van der Waals surface area contributed by atoms with E-state index >= 15 is 0 Å². The first-order valence-electron chi connectivity index (χ1n) is 6.75. The fourth-order valence-electron chi connectivity index (χ4n) is 2.68. The molecule has 7 heteroatoms. The molecule has 0 saturated heterocycles. The highest BCUT2D eigenvalue weighted by atomic mass is 32.2. The van der Waals surface area contributed by atoms with Gasteiger partial charge in [0, 0.05) is 18.4 Å². The molecule has 0 aliphatic carbocycles. The van der Waals surface area contributed by atoms with Crippen molar-refractivity contribution in [1.29, 1.82) is 0 Å². The highest BCUT2D eigenvalue weighted by molar-refractivity contribution is 7.91. The lowest BCUT2D eigenvalue weighted by atomic mass is 10.0. The molecular formula is C14H16FN3O2S. The van der Waals surface area contributed by atoms with Gasteiger partial charge in [0.05, 0.1) is 16.7 Å². The number of benzene rings is 1. The van der Waals surface area contributed by atoms with Crippen molar-refractivity contribution < 1.29 is 12.8 Å². The van der Waals surface area contributed by atoms with Crippen molar-refractivity contribution in [3.63, 3.8) is 0 Å². The summed E-state index contributed by atoms with van der Waals surface area (Å²) in [6, 6.07) is 3.56. The minimum Gasteiger partial charge on any atom is -0.347 e. The van der Waals surface area contributed by atoms with E-state index in [1.807, 2.05) is 6.92 Å². The maximum Gasteiger partial charge on any atom is 0.178 e. The molecule has 2 unspecified atom stereocenters. The molecule has 5 nitrogen and oxygen atoms in total. The fourth-order valence-corrected chi connectivity index (χ4v) is 4.28. The Hall–Kier alpha value is -1.73. The summed E-state index contributed by atoms with van der Waals surface area (Å²) >= 11 is 0. The molecule has 112 valence electrons. The van der Waals surface area contributed by atoms with Gasteiger partial charge in [-0.3, -0.25) is 0 Å². The highest BCUT2D eigenvalue weighted by Crippen LogP contribution is 2.33. The molecule has 0 amide bonds. The average Bonchev–Trinajstić information content (AvgIpc) is 2.96. The third kappa shape index (κ3) is 2.71. The Morgan fingerprint density at radius 1 is 1.48 bits per heavy atom. The molecule has 0 radical (unpaired) electrons. The molecule has 0 spiro atoms. The van der Waals surface area contributed by atoms with E-state index < -0.39 is 15.7 Å². The molecule has 2 aromatic rings. The highest BCUT2D eigenvalue weighted by Gasteiger charge is 2.31. The van der Waals surface area contributed by atoms with Crippen LogP contribution < -0.4 is 5.32 Å². The van der Waals surface area contributed by atoms with Crippen LogP contribution in [0.25, 0.3) is 0 Å². The molecule has 2 N–H and O–H groups in total. The average molecular weight is 309 g/mol. The van der Waals surface area contributed by atoms with Crippen LogP contribution in [0.3, 0.4) is 0 Å². The van der Waals surface area contributed by atoms with E-state index in [4.69, 9.17) is 0 Å². The standard InChI is InChI=1S/C14H16FN3O2S/c1-9(14-16-5-6-17-14)18-12-4-7-21(19,20)13-3-2-10(15)8-11(12)13/h2-3,5-6,8-9,12,18H,4,7H2,1H3,(H,16,17). The second kappa shape index (κ2) is 5.23. The predicted molar refractivity (Wildman–Crippen MR) is 75.9 cm³/mol.